The Balaban J connectivity index is 1.89. The van der Waals surface area contributed by atoms with Crippen LogP contribution in [0.3, 0.4) is 0 Å². The fourth-order valence-electron chi connectivity index (χ4n) is 2.39. The second kappa shape index (κ2) is 5.34. The zero-order valence-corrected chi connectivity index (χ0v) is 10.2. The van der Waals surface area contributed by atoms with Crippen LogP contribution >= 0.6 is 0 Å². The van der Waals surface area contributed by atoms with Gasteiger partial charge in [0.15, 0.2) is 0 Å². The van der Waals surface area contributed by atoms with Crippen molar-refractivity contribution in [3.05, 3.63) is 12.0 Å². The zero-order valence-electron chi connectivity index (χ0n) is 10.2. The van der Waals surface area contributed by atoms with Gasteiger partial charge in [-0.15, -0.1) is 0 Å². The van der Waals surface area contributed by atoms with Gasteiger partial charge in [-0.05, 0) is 25.8 Å². The summed E-state index contributed by atoms with van der Waals surface area (Å²) in [7, 11) is 3.98. The molecule has 4 nitrogen and oxygen atoms in total. The molecule has 0 aliphatic heterocycles. The van der Waals surface area contributed by atoms with Crippen LogP contribution in [-0.4, -0.2) is 25.6 Å². The predicted molar refractivity (Wildman–Crippen MR) is 64.5 cm³/mol. The third kappa shape index (κ3) is 2.76. The Hall–Kier alpha value is -1.03. The average molecular weight is 223 g/mol. The molecule has 1 aromatic heterocycles. The Morgan fingerprint density at radius 3 is 2.94 bits per heavy atom. The van der Waals surface area contributed by atoms with Crippen LogP contribution in [0.25, 0.3) is 0 Å². The molecule has 0 unspecified atom stereocenters. The molecule has 16 heavy (non-hydrogen) atoms. The van der Waals surface area contributed by atoms with Crippen molar-refractivity contribution in [2.24, 2.45) is 5.92 Å². The third-order valence-corrected chi connectivity index (χ3v) is 3.23. The Morgan fingerprint density at radius 2 is 2.25 bits per heavy atom. The summed E-state index contributed by atoms with van der Waals surface area (Å²) in [6.45, 7) is 1.83. The van der Waals surface area contributed by atoms with Crippen molar-refractivity contribution in [1.82, 2.24) is 10.3 Å². The quantitative estimate of drug-likeness (QED) is 0.829. The molecule has 90 valence electrons. The van der Waals surface area contributed by atoms with Crippen LogP contribution in [0.4, 0.5) is 6.01 Å². The molecule has 1 N–H and O–H groups in total. The van der Waals surface area contributed by atoms with Gasteiger partial charge in [0, 0.05) is 20.1 Å². The Kier molecular flexibility index (Phi) is 3.83. The summed E-state index contributed by atoms with van der Waals surface area (Å²) >= 11 is 0. The van der Waals surface area contributed by atoms with E-state index >= 15 is 0 Å². The van der Waals surface area contributed by atoms with Crippen molar-refractivity contribution < 1.29 is 4.42 Å². The smallest absolute Gasteiger partial charge is 0.297 e. The molecule has 4 heteroatoms. The predicted octanol–water partition coefficient (Wildman–Crippen LogP) is 2.02. The normalized spacial score (nSPS) is 16.9. The fourth-order valence-corrected chi connectivity index (χ4v) is 2.39. The van der Waals surface area contributed by atoms with E-state index in [9.17, 15) is 0 Å². The lowest BCUT2D eigenvalue weighted by Crippen LogP contribution is -2.24. The molecule has 2 rings (SSSR count). The van der Waals surface area contributed by atoms with E-state index in [4.69, 9.17) is 4.42 Å². The lowest BCUT2D eigenvalue weighted by molar-refractivity contribution is 0.496. The van der Waals surface area contributed by atoms with Gasteiger partial charge in [0.05, 0.1) is 5.69 Å². The summed E-state index contributed by atoms with van der Waals surface area (Å²) in [6, 6.07) is 0.747. The highest BCUT2D eigenvalue weighted by Crippen LogP contribution is 2.26. The summed E-state index contributed by atoms with van der Waals surface area (Å²) in [5, 5.41) is 3.07. The number of nitrogens with zero attached hydrogens (tertiary/aromatic N) is 2. The van der Waals surface area contributed by atoms with Crippen LogP contribution in [-0.2, 0) is 6.54 Å². The molecular formula is C12H21N3O. The van der Waals surface area contributed by atoms with Gasteiger partial charge >= 0.3 is 0 Å². The van der Waals surface area contributed by atoms with Crippen LogP contribution < -0.4 is 10.2 Å². The topological polar surface area (TPSA) is 41.3 Å². The van der Waals surface area contributed by atoms with Crippen molar-refractivity contribution >= 4 is 6.01 Å². The molecule has 1 aromatic rings. The van der Waals surface area contributed by atoms with Crippen molar-refractivity contribution in [2.75, 3.05) is 25.5 Å². The van der Waals surface area contributed by atoms with E-state index in [0.29, 0.717) is 0 Å². The minimum atomic E-state index is 0.747. The molecule has 1 aliphatic carbocycles. The number of hydrogen-bond acceptors (Lipinski definition) is 4. The monoisotopic (exact) mass is 223 g/mol. The molecule has 1 heterocycles. The summed E-state index contributed by atoms with van der Waals surface area (Å²) in [6.07, 6.45) is 7.21. The molecule has 1 fully saturated rings. The number of rotatable bonds is 5. The summed E-state index contributed by atoms with van der Waals surface area (Å²) in [5.74, 6) is 0.824. The van der Waals surface area contributed by atoms with Gasteiger partial charge < -0.3 is 14.6 Å². The van der Waals surface area contributed by atoms with Crippen LogP contribution in [0.2, 0.25) is 0 Å². The first-order chi connectivity index (χ1) is 7.79. The lowest BCUT2D eigenvalue weighted by atomic mass is 10.1. The lowest BCUT2D eigenvalue weighted by Gasteiger charge is -2.18. The van der Waals surface area contributed by atoms with E-state index in [1.807, 2.05) is 7.05 Å². The zero-order chi connectivity index (χ0) is 11.4. The molecule has 0 bridgehead atoms. The second-order valence-corrected chi connectivity index (χ2v) is 4.68. The van der Waals surface area contributed by atoms with Crippen LogP contribution in [0.5, 0.6) is 0 Å². The maximum atomic E-state index is 5.46. The maximum Gasteiger partial charge on any atom is 0.297 e. The molecule has 1 saturated carbocycles. The highest BCUT2D eigenvalue weighted by molar-refractivity contribution is 5.25. The van der Waals surface area contributed by atoms with Gasteiger partial charge in [0.1, 0.15) is 6.26 Å². The minimum Gasteiger partial charge on any atom is -0.432 e. The highest BCUT2D eigenvalue weighted by atomic mass is 16.4. The van der Waals surface area contributed by atoms with E-state index in [1.165, 1.54) is 25.7 Å². The first kappa shape index (κ1) is 11.5. The molecular weight excluding hydrogens is 202 g/mol. The summed E-state index contributed by atoms with van der Waals surface area (Å²) in [4.78, 5) is 6.57. The van der Waals surface area contributed by atoms with Gasteiger partial charge in [-0.25, -0.2) is 0 Å². The van der Waals surface area contributed by atoms with E-state index in [0.717, 1.165) is 30.7 Å². The van der Waals surface area contributed by atoms with Crippen LogP contribution in [0.1, 0.15) is 31.4 Å². The number of aromatic nitrogens is 1. The van der Waals surface area contributed by atoms with Crippen LogP contribution in [0.15, 0.2) is 10.7 Å². The first-order valence-electron chi connectivity index (χ1n) is 6.09. The van der Waals surface area contributed by atoms with E-state index in [-0.39, 0.29) is 0 Å². The first-order valence-corrected chi connectivity index (χ1v) is 6.09. The molecule has 0 aromatic carbocycles. The number of nitrogens with one attached hydrogen (secondary N) is 1. The van der Waals surface area contributed by atoms with Crippen molar-refractivity contribution in [1.29, 1.82) is 0 Å². The van der Waals surface area contributed by atoms with Crippen LogP contribution in [0, 0.1) is 5.92 Å². The molecule has 0 radical (unpaired) electrons. The standard InChI is InChI=1S/C12H21N3O/c1-13-7-11-9-16-12(14-11)15(2)8-10-5-3-4-6-10/h9-10,13H,3-8H2,1-2H3. The van der Waals surface area contributed by atoms with Gasteiger partial charge in [-0.3, -0.25) is 0 Å². The largest absolute Gasteiger partial charge is 0.432 e. The third-order valence-electron chi connectivity index (χ3n) is 3.23. The summed E-state index contributed by atoms with van der Waals surface area (Å²) < 4.78 is 5.46. The van der Waals surface area contributed by atoms with Gasteiger partial charge in [-0.1, -0.05) is 12.8 Å². The molecule has 0 atom stereocenters. The number of anilines is 1. The van der Waals surface area contributed by atoms with Crippen molar-refractivity contribution in [3.8, 4) is 0 Å². The van der Waals surface area contributed by atoms with E-state index in [1.54, 1.807) is 6.26 Å². The molecule has 0 amide bonds. The highest BCUT2D eigenvalue weighted by Gasteiger charge is 2.18. The molecule has 1 aliphatic rings. The van der Waals surface area contributed by atoms with Gasteiger partial charge in [0.2, 0.25) is 0 Å². The summed E-state index contributed by atoms with van der Waals surface area (Å²) in [5.41, 5.74) is 0.968. The second-order valence-electron chi connectivity index (χ2n) is 4.68. The van der Waals surface area contributed by atoms with Gasteiger partial charge in [0.25, 0.3) is 6.01 Å². The number of oxazole rings is 1. The minimum absolute atomic E-state index is 0.747. The van der Waals surface area contributed by atoms with Gasteiger partial charge in [-0.2, -0.15) is 4.98 Å². The van der Waals surface area contributed by atoms with E-state index < -0.39 is 0 Å². The SMILES string of the molecule is CNCc1coc(N(C)CC2CCCC2)n1. The van der Waals surface area contributed by atoms with E-state index in [2.05, 4.69) is 22.2 Å². The maximum absolute atomic E-state index is 5.46. The Morgan fingerprint density at radius 1 is 1.50 bits per heavy atom. The Bertz CT molecular complexity index is 318. The van der Waals surface area contributed by atoms with Crippen molar-refractivity contribution in [3.63, 3.8) is 0 Å². The molecule has 0 spiro atoms. The Labute approximate surface area is 97.0 Å². The van der Waals surface area contributed by atoms with Crippen molar-refractivity contribution in [2.45, 2.75) is 32.2 Å². The molecule has 0 saturated heterocycles. The fraction of sp³-hybridized carbons (Fsp3) is 0.750. The average Bonchev–Trinajstić information content (AvgIpc) is 2.89. The number of hydrogen-bond donors (Lipinski definition) is 1.